The molecule has 1 aliphatic rings. The van der Waals surface area contributed by atoms with Crippen molar-refractivity contribution in [3.8, 4) is 0 Å². The van der Waals surface area contributed by atoms with Crippen molar-refractivity contribution in [2.75, 3.05) is 11.5 Å². The second kappa shape index (κ2) is 7.31. The quantitative estimate of drug-likeness (QED) is 0.734. The van der Waals surface area contributed by atoms with E-state index in [0.29, 0.717) is 23.3 Å². The molecule has 1 atom stereocenters. The van der Waals surface area contributed by atoms with Crippen molar-refractivity contribution >= 4 is 19.9 Å². The molecule has 3 rings (SSSR count). The average molecular weight is 426 g/mol. The molecule has 2 heterocycles. The lowest BCUT2D eigenvalue weighted by atomic mass is 9.95. The summed E-state index contributed by atoms with van der Waals surface area (Å²) >= 11 is 0. The molecule has 0 unspecified atom stereocenters. The third kappa shape index (κ3) is 3.65. The van der Waals surface area contributed by atoms with Crippen molar-refractivity contribution in [3.63, 3.8) is 0 Å². The number of benzene rings is 1. The average Bonchev–Trinajstić information content (AvgIpc) is 3.25. The van der Waals surface area contributed by atoms with Crippen molar-refractivity contribution in [1.82, 2.24) is 4.31 Å². The molecule has 6 nitrogen and oxygen atoms in total. The van der Waals surface area contributed by atoms with Gasteiger partial charge in [0.2, 0.25) is 10.0 Å². The number of rotatable bonds is 5. The number of furan rings is 1. The normalized spacial score (nSPS) is 19.4. The van der Waals surface area contributed by atoms with Crippen LogP contribution in [0.25, 0.3) is 0 Å². The highest BCUT2D eigenvalue weighted by Gasteiger charge is 2.40. The van der Waals surface area contributed by atoms with E-state index in [2.05, 4.69) is 0 Å². The Morgan fingerprint density at radius 1 is 1.04 bits per heavy atom. The molecule has 28 heavy (non-hydrogen) atoms. The first-order valence-corrected chi connectivity index (χ1v) is 12.5. The number of hydrogen-bond donors (Lipinski definition) is 0. The van der Waals surface area contributed by atoms with E-state index in [1.165, 1.54) is 10.6 Å². The molecular weight excluding hydrogens is 398 g/mol. The molecule has 0 amide bonds. The van der Waals surface area contributed by atoms with Gasteiger partial charge in [-0.05, 0) is 81.0 Å². The van der Waals surface area contributed by atoms with Gasteiger partial charge < -0.3 is 4.42 Å². The van der Waals surface area contributed by atoms with E-state index in [-0.39, 0.29) is 22.9 Å². The van der Waals surface area contributed by atoms with E-state index < -0.39 is 25.9 Å². The molecule has 0 N–H and O–H groups in total. The standard InChI is InChI=1S/C20H27NO5S2/c1-13-14(2)16(4)20(17(5)15(13)3)28(24,25)21(11-19-7-6-9-26-19)18-8-10-27(22,23)12-18/h6-7,9,18H,8,10-12H2,1-5H3/t18-/m1/s1. The Labute approximate surface area is 167 Å². The van der Waals surface area contributed by atoms with Gasteiger partial charge in [0.1, 0.15) is 5.76 Å². The SMILES string of the molecule is Cc1c(C)c(C)c(S(=O)(=O)N(Cc2ccco2)[C@@H]2CCS(=O)(=O)C2)c(C)c1C. The van der Waals surface area contributed by atoms with Crippen LogP contribution in [0.5, 0.6) is 0 Å². The number of sulfonamides is 1. The van der Waals surface area contributed by atoms with Crippen LogP contribution in [0.3, 0.4) is 0 Å². The molecule has 0 spiro atoms. The molecular formula is C20H27NO5S2. The maximum atomic E-state index is 13.8. The molecule has 0 saturated carbocycles. The Balaban J connectivity index is 2.17. The van der Waals surface area contributed by atoms with Gasteiger partial charge in [0.25, 0.3) is 0 Å². The zero-order valence-corrected chi connectivity index (χ0v) is 18.6. The lowest BCUT2D eigenvalue weighted by molar-refractivity contribution is 0.306. The zero-order chi connectivity index (χ0) is 20.9. The first-order chi connectivity index (χ1) is 13.0. The summed E-state index contributed by atoms with van der Waals surface area (Å²) in [5.41, 5.74) is 4.39. The first kappa shape index (κ1) is 21.1. The Kier molecular flexibility index (Phi) is 5.51. The highest BCUT2D eigenvalue weighted by molar-refractivity contribution is 7.92. The van der Waals surface area contributed by atoms with Gasteiger partial charge in [-0.2, -0.15) is 4.31 Å². The predicted octanol–water partition coefficient (Wildman–Crippen LogP) is 3.20. The summed E-state index contributed by atoms with van der Waals surface area (Å²) < 4.78 is 58.4. The minimum atomic E-state index is -3.92. The fourth-order valence-corrected chi connectivity index (χ4v) is 7.95. The van der Waals surface area contributed by atoms with E-state index in [9.17, 15) is 16.8 Å². The Morgan fingerprint density at radius 3 is 2.07 bits per heavy atom. The largest absolute Gasteiger partial charge is 0.468 e. The summed E-state index contributed by atoms with van der Waals surface area (Å²) in [5, 5.41) is 0. The third-order valence-electron chi connectivity index (χ3n) is 6.01. The van der Waals surface area contributed by atoms with Crippen molar-refractivity contribution < 1.29 is 21.3 Å². The second-order valence-electron chi connectivity index (χ2n) is 7.64. The molecule has 0 aliphatic carbocycles. The van der Waals surface area contributed by atoms with Gasteiger partial charge in [0.15, 0.2) is 9.84 Å². The van der Waals surface area contributed by atoms with Crippen LogP contribution in [0.1, 0.15) is 40.0 Å². The van der Waals surface area contributed by atoms with E-state index in [1.54, 1.807) is 12.1 Å². The summed E-state index contributed by atoms with van der Waals surface area (Å²) in [5.74, 6) is 0.337. The van der Waals surface area contributed by atoms with Crippen LogP contribution >= 0.6 is 0 Å². The molecule has 1 aromatic heterocycles. The second-order valence-corrected chi connectivity index (χ2v) is 11.7. The van der Waals surface area contributed by atoms with E-state index >= 15 is 0 Å². The van der Waals surface area contributed by atoms with Crippen LogP contribution in [0.15, 0.2) is 27.7 Å². The Bertz CT molecular complexity index is 1070. The van der Waals surface area contributed by atoms with Gasteiger partial charge in [-0.15, -0.1) is 0 Å². The van der Waals surface area contributed by atoms with E-state index in [4.69, 9.17) is 4.42 Å². The van der Waals surface area contributed by atoms with Crippen molar-refractivity contribution in [1.29, 1.82) is 0 Å². The highest BCUT2D eigenvalue weighted by Crippen LogP contribution is 2.34. The first-order valence-electron chi connectivity index (χ1n) is 9.27. The van der Waals surface area contributed by atoms with Gasteiger partial charge in [-0.25, -0.2) is 16.8 Å². The van der Waals surface area contributed by atoms with Gasteiger partial charge in [-0.3, -0.25) is 0 Å². The maximum absolute atomic E-state index is 13.8. The van der Waals surface area contributed by atoms with Crippen LogP contribution in [0.2, 0.25) is 0 Å². The molecule has 0 radical (unpaired) electrons. The molecule has 0 bridgehead atoms. The highest BCUT2D eigenvalue weighted by atomic mass is 32.2. The zero-order valence-electron chi connectivity index (χ0n) is 16.9. The number of nitrogens with zero attached hydrogens (tertiary/aromatic N) is 1. The molecule has 1 saturated heterocycles. The van der Waals surface area contributed by atoms with E-state index in [0.717, 1.165) is 16.7 Å². The lowest BCUT2D eigenvalue weighted by Crippen LogP contribution is -2.41. The molecule has 2 aromatic rings. The summed E-state index contributed by atoms with van der Waals surface area (Å²) in [7, 11) is -7.17. The predicted molar refractivity (Wildman–Crippen MR) is 109 cm³/mol. The molecule has 1 fully saturated rings. The Hall–Kier alpha value is -1.64. The molecule has 8 heteroatoms. The third-order valence-corrected chi connectivity index (χ3v) is 9.93. The summed E-state index contributed by atoms with van der Waals surface area (Å²) in [6, 6.07) is 2.81. The number of hydrogen-bond acceptors (Lipinski definition) is 5. The summed E-state index contributed by atoms with van der Waals surface area (Å²) in [4.78, 5) is 0.281. The lowest BCUT2D eigenvalue weighted by Gasteiger charge is -2.29. The molecule has 154 valence electrons. The smallest absolute Gasteiger partial charge is 0.244 e. The van der Waals surface area contributed by atoms with Crippen molar-refractivity contribution in [2.24, 2.45) is 0 Å². The fraction of sp³-hybridized carbons (Fsp3) is 0.500. The van der Waals surface area contributed by atoms with Crippen molar-refractivity contribution in [3.05, 3.63) is 52.0 Å². The topological polar surface area (TPSA) is 84.7 Å². The van der Waals surface area contributed by atoms with Gasteiger partial charge in [0, 0.05) is 6.04 Å². The minimum absolute atomic E-state index is 0.00571. The maximum Gasteiger partial charge on any atom is 0.244 e. The van der Waals surface area contributed by atoms with Crippen LogP contribution in [0.4, 0.5) is 0 Å². The van der Waals surface area contributed by atoms with Gasteiger partial charge in [0.05, 0.1) is 29.2 Å². The monoisotopic (exact) mass is 425 g/mol. The fourth-order valence-electron chi connectivity index (χ4n) is 3.94. The van der Waals surface area contributed by atoms with Crippen molar-refractivity contribution in [2.45, 2.75) is 58.5 Å². The van der Waals surface area contributed by atoms with Crippen LogP contribution in [0, 0.1) is 34.6 Å². The molecule has 1 aliphatic heterocycles. The minimum Gasteiger partial charge on any atom is -0.468 e. The van der Waals surface area contributed by atoms with E-state index in [1.807, 2.05) is 34.6 Å². The van der Waals surface area contributed by atoms with Crippen LogP contribution in [-0.2, 0) is 26.4 Å². The summed E-state index contributed by atoms with van der Waals surface area (Å²) in [6.45, 7) is 9.49. The van der Waals surface area contributed by atoms with Crippen LogP contribution < -0.4 is 0 Å². The van der Waals surface area contributed by atoms with Gasteiger partial charge in [-0.1, -0.05) is 0 Å². The summed E-state index contributed by atoms with van der Waals surface area (Å²) in [6.07, 6.45) is 1.78. The van der Waals surface area contributed by atoms with Crippen LogP contribution in [-0.4, -0.2) is 38.7 Å². The molecule has 1 aromatic carbocycles. The number of sulfone groups is 1. The van der Waals surface area contributed by atoms with Gasteiger partial charge >= 0.3 is 0 Å². The Morgan fingerprint density at radius 2 is 1.61 bits per heavy atom.